The highest BCUT2D eigenvalue weighted by molar-refractivity contribution is 4.45. The lowest BCUT2D eigenvalue weighted by molar-refractivity contribution is -0.132. The van der Waals surface area contributed by atoms with Crippen LogP contribution in [0, 0.1) is 0 Å². The highest BCUT2D eigenvalue weighted by Crippen LogP contribution is 1.97. The van der Waals surface area contributed by atoms with Gasteiger partial charge in [0.2, 0.25) is 0 Å². The molecule has 0 aliphatic carbocycles. The summed E-state index contributed by atoms with van der Waals surface area (Å²) in [6, 6.07) is 0. The van der Waals surface area contributed by atoms with Crippen molar-refractivity contribution in [1.29, 1.82) is 0 Å². The monoisotopic (exact) mass is 159 g/mol. The Morgan fingerprint density at radius 2 is 1.45 bits per heavy atom. The van der Waals surface area contributed by atoms with Gasteiger partial charge in [-0.2, -0.15) is 5.06 Å². The standard InChI is InChI=1S/C9H21NO/c1-4-6-8-10(11-3)9-7-5-2/h4-9H2,1-3H3. The zero-order valence-electron chi connectivity index (χ0n) is 8.10. The Bertz CT molecular complexity index is 68.0. The summed E-state index contributed by atoms with van der Waals surface area (Å²) < 4.78 is 0. The molecule has 2 nitrogen and oxygen atoms in total. The van der Waals surface area contributed by atoms with Gasteiger partial charge in [-0.25, -0.2) is 0 Å². The predicted molar refractivity (Wildman–Crippen MR) is 48.4 cm³/mol. The van der Waals surface area contributed by atoms with E-state index in [9.17, 15) is 0 Å². The lowest BCUT2D eigenvalue weighted by atomic mass is 10.3. The van der Waals surface area contributed by atoms with Crippen LogP contribution in [-0.4, -0.2) is 25.3 Å². The Labute approximate surface area is 70.5 Å². The van der Waals surface area contributed by atoms with E-state index in [0.29, 0.717) is 0 Å². The van der Waals surface area contributed by atoms with Crippen molar-refractivity contribution in [2.24, 2.45) is 0 Å². The van der Waals surface area contributed by atoms with Crippen LogP contribution in [0.25, 0.3) is 0 Å². The third-order valence-electron chi connectivity index (χ3n) is 1.78. The van der Waals surface area contributed by atoms with E-state index in [1.807, 2.05) is 5.06 Å². The highest BCUT2D eigenvalue weighted by atomic mass is 16.7. The fraction of sp³-hybridized carbons (Fsp3) is 1.00. The van der Waals surface area contributed by atoms with Crippen molar-refractivity contribution in [3.8, 4) is 0 Å². The normalized spacial score (nSPS) is 10.9. The third kappa shape index (κ3) is 6.32. The molecule has 0 rings (SSSR count). The summed E-state index contributed by atoms with van der Waals surface area (Å²) in [4.78, 5) is 5.19. The number of hydroxylamine groups is 2. The predicted octanol–water partition coefficient (Wildman–Crippen LogP) is 2.45. The van der Waals surface area contributed by atoms with Crippen LogP contribution in [0.15, 0.2) is 0 Å². The molecule has 0 saturated carbocycles. The van der Waals surface area contributed by atoms with Crippen molar-refractivity contribution < 1.29 is 4.84 Å². The minimum atomic E-state index is 1.08. The van der Waals surface area contributed by atoms with Gasteiger partial charge >= 0.3 is 0 Å². The smallest absolute Gasteiger partial charge is 0.0575 e. The average molecular weight is 159 g/mol. The molecular weight excluding hydrogens is 138 g/mol. The number of rotatable bonds is 7. The summed E-state index contributed by atoms with van der Waals surface area (Å²) in [7, 11) is 1.76. The number of hydrogen-bond acceptors (Lipinski definition) is 2. The van der Waals surface area contributed by atoms with Crippen LogP contribution in [0.2, 0.25) is 0 Å². The van der Waals surface area contributed by atoms with Crippen molar-refractivity contribution in [3.63, 3.8) is 0 Å². The molecule has 0 aromatic heterocycles. The van der Waals surface area contributed by atoms with Gasteiger partial charge in [0.15, 0.2) is 0 Å². The second-order valence-corrected chi connectivity index (χ2v) is 2.82. The molecule has 0 amide bonds. The molecular formula is C9H21NO. The first-order valence-electron chi connectivity index (χ1n) is 4.64. The molecule has 0 saturated heterocycles. The van der Waals surface area contributed by atoms with Gasteiger partial charge in [0, 0.05) is 13.1 Å². The third-order valence-corrected chi connectivity index (χ3v) is 1.78. The maximum Gasteiger partial charge on any atom is 0.0575 e. The molecule has 2 heteroatoms. The molecule has 0 aliphatic rings. The van der Waals surface area contributed by atoms with Crippen LogP contribution >= 0.6 is 0 Å². The van der Waals surface area contributed by atoms with Crippen LogP contribution < -0.4 is 0 Å². The number of nitrogens with zero attached hydrogens (tertiary/aromatic N) is 1. The van der Waals surface area contributed by atoms with Crippen molar-refractivity contribution >= 4 is 0 Å². The minimum absolute atomic E-state index is 1.08. The summed E-state index contributed by atoms with van der Waals surface area (Å²) >= 11 is 0. The summed E-state index contributed by atoms with van der Waals surface area (Å²) in [6.45, 7) is 6.56. The maximum absolute atomic E-state index is 5.19. The van der Waals surface area contributed by atoms with Gasteiger partial charge in [-0.05, 0) is 12.8 Å². The molecule has 0 bridgehead atoms. The van der Waals surface area contributed by atoms with E-state index in [1.54, 1.807) is 7.11 Å². The molecule has 0 heterocycles. The van der Waals surface area contributed by atoms with E-state index in [1.165, 1.54) is 25.7 Å². The van der Waals surface area contributed by atoms with Gasteiger partial charge in [-0.1, -0.05) is 26.7 Å². The fourth-order valence-electron chi connectivity index (χ4n) is 0.963. The van der Waals surface area contributed by atoms with Crippen LogP contribution in [0.1, 0.15) is 39.5 Å². The lowest BCUT2D eigenvalue weighted by Gasteiger charge is -2.18. The number of hydrogen-bond donors (Lipinski definition) is 0. The van der Waals surface area contributed by atoms with E-state index in [-0.39, 0.29) is 0 Å². The number of unbranched alkanes of at least 4 members (excludes halogenated alkanes) is 2. The van der Waals surface area contributed by atoms with Crippen molar-refractivity contribution in [3.05, 3.63) is 0 Å². The Morgan fingerprint density at radius 3 is 1.73 bits per heavy atom. The van der Waals surface area contributed by atoms with Crippen LogP contribution in [-0.2, 0) is 4.84 Å². The van der Waals surface area contributed by atoms with Gasteiger partial charge in [0.05, 0.1) is 7.11 Å². The summed E-state index contributed by atoms with van der Waals surface area (Å²) in [5.74, 6) is 0. The van der Waals surface area contributed by atoms with Crippen molar-refractivity contribution in [2.75, 3.05) is 20.2 Å². The quantitative estimate of drug-likeness (QED) is 0.529. The van der Waals surface area contributed by atoms with Gasteiger partial charge in [-0.15, -0.1) is 0 Å². The average Bonchev–Trinajstić information content (AvgIpc) is 2.05. The van der Waals surface area contributed by atoms with Crippen LogP contribution in [0.5, 0.6) is 0 Å². The highest BCUT2D eigenvalue weighted by Gasteiger charge is 1.99. The largest absolute Gasteiger partial charge is 0.302 e. The van der Waals surface area contributed by atoms with Gasteiger partial charge < -0.3 is 4.84 Å². The van der Waals surface area contributed by atoms with Crippen molar-refractivity contribution in [2.45, 2.75) is 39.5 Å². The van der Waals surface area contributed by atoms with Gasteiger partial charge in [-0.3, -0.25) is 0 Å². The molecule has 0 aliphatic heterocycles. The Kier molecular flexibility index (Phi) is 7.96. The molecule has 0 unspecified atom stereocenters. The van der Waals surface area contributed by atoms with E-state index in [4.69, 9.17) is 4.84 Å². The molecule has 11 heavy (non-hydrogen) atoms. The van der Waals surface area contributed by atoms with E-state index >= 15 is 0 Å². The second-order valence-electron chi connectivity index (χ2n) is 2.82. The first kappa shape index (κ1) is 10.9. The Hall–Kier alpha value is -0.0800. The SMILES string of the molecule is CCCCN(CCCC)OC. The zero-order chi connectivity index (χ0) is 8.53. The Balaban J connectivity index is 3.25. The van der Waals surface area contributed by atoms with Crippen LogP contribution in [0.4, 0.5) is 0 Å². The van der Waals surface area contributed by atoms with Crippen molar-refractivity contribution in [1.82, 2.24) is 5.06 Å². The summed E-state index contributed by atoms with van der Waals surface area (Å²) in [6.07, 6.45) is 4.95. The van der Waals surface area contributed by atoms with E-state index in [2.05, 4.69) is 13.8 Å². The van der Waals surface area contributed by atoms with E-state index < -0.39 is 0 Å². The zero-order valence-corrected chi connectivity index (χ0v) is 8.10. The molecule has 0 atom stereocenters. The minimum Gasteiger partial charge on any atom is -0.302 e. The second kappa shape index (κ2) is 8.02. The fourth-order valence-corrected chi connectivity index (χ4v) is 0.963. The molecule has 0 N–H and O–H groups in total. The van der Waals surface area contributed by atoms with Crippen LogP contribution in [0.3, 0.4) is 0 Å². The van der Waals surface area contributed by atoms with Gasteiger partial charge in [0.25, 0.3) is 0 Å². The molecule has 0 aromatic carbocycles. The maximum atomic E-state index is 5.19. The lowest BCUT2D eigenvalue weighted by Crippen LogP contribution is -2.24. The molecule has 0 spiro atoms. The molecule has 0 fully saturated rings. The first-order valence-corrected chi connectivity index (χ1v) is 4.64. The first-order chi connectivity index (χ1) is 5.35. The molecule has 0 aromatic rings. The Morgan fingerprint density at radius 1 is 1.00 bits per heavy atom. The topological polar surface area (TPSA) is 12.5 Å². The summed E-state index contributed by atoms with van der Waals surface area (Å²) in [5, 5.41) is 2.05. The molecule has 68 valence electrons. The van der Waals surface area contributed by atoms with Gasteiger partial charge in [0.1, 0.15) is 0 Å². The molecule has 0 radical (unpaired) electrons. The summed E-state index contributed by atoms with van der Waals surface area (Å²) in [5.41, 5.74) is 0. The van der Waals surface area contributed by atoms with E-state index in [0.717, 1.165) is 13.1 Å².